The maximum atomic E-state index is 13.6. The number of amides is 1. The van der Waals surface area contributed by atoms with Crippen LogP contribution in [0.4, 0.5) is 0 Å². The largest absolute Gasteiger partial charge is 0.486 e. The molecule has 2 aliphatic rings. The van der Waals surface area contributed by atoms with Gasteiger partial charge >= 0.3 is 0 Å². The predicted molar refractivity (Wildman–Crippen MR) is 114 cm³/mol. The summed E-state index contributed by atoms with van der Waals surface area (Å²) in [6.07, 6.45) is 1.78. The van der Waals surface area contributed by atoms with Gasteiger partial charge in [0, 0.05) is 19.7 Å². The number of nitrogens with zero attached hydrogens (tertiary/aromatic N) is 1. The number of hydrogen-bond acceptors (Lipinski definition) is 5. The first-order chi connectivity index (χ1) is 14.5. The molecule has 1 saturated heterocycles. The Balaban J connectivity index is 1.73. The second-order valence-electron chi connectivity index (χ2n) is 7.50. The summed E-state index contributed by atoms with van der Waals surface area (Å²) in [5, 5.41) is 0. The van der Waals surface area contributed by atoms with E-state index < -0.39 is 15.7 Å². The summed E-state index contributed by atoms with van der Waals surface area (Å²) in [6.45, 7) is 1.40. The lowest BCUT2D eigenvalue weighted by Gasteiger charge is -2.29. The molecule has 0 bridgehead atoms. The molecule has 0 radical (unpaired) electrons. The van der Waals surface area contributed by atoms with Gasteiger partial charge in [0.2, 0.25) is 5.76 Å². The first kappa shape index (κ1) is 20.6. The van der Waals surface area contributed by atoms with Crippen LogP contribution < -0.4 is 0 Å². The molecule has 7 heteroatoms. The van der Waals surface area contributed by atoms with Gasteiger partial charge in [-0.25, -0.2) is 8.42 Å². The van der Waals surface area contributed by atoms with E-state index in [2.05, 4.69) is 0 Å². The quantitative estimate of drug-likeness (QED) is 0.709. The van der Waals surface area contributed by atoms with Crippen molar-refractivity contribution in [3.8, 4) is 0 Å². The van der Waals surface area contributed by atoms with Crippen LogP contribution in [0.25, 0.3) is 4.91 Å². The van der Waals surface area contributed by atoms with Crippen molar-refractivity contribution in [3.63, 3.8) is 0 Å². The Morgan fingerprint density at radius 2 is 1.70 bits per heavy atom. The van der Waals surface area contributed by atoms with Crippen LogP contribution in [0.15, 0.2) is 66.4 Å². The minimum Gasteiger partial charge on any atom is -0.486 e. The van der Waals surface area contributed by atoms with Gasteiger partial charge in [-0.3, -0.25) is 4.79 Å². The van der Waals surface area contributed by atoms with Crippen molar-refractivity contribution >= 4 is 20.6 Å². The molecule has 0 N–H and O–H groups in total. The van der Waals surface area contributed by atoms with Crippen LogP contribution in [0.3, 0.4) is 0 Å². The smallest absolute Gasteiger partial charge is 0.290 e. The van der Waals surface area contributed by atoms with E-state index in [1.165, 1.54) is 0 Å². The summed E-state index contributed by atoms with van der Waals surface area (Å²) >= 11 is 0. The molecule has 0 aliphatic carbocycles. The second-order valence-corrected chi connectivity index (χ2v) is 9.54. The first-order valence-electron chi connectivity index (χ1n) is 10.1. The average Bonchev–Trinajstić information content (AvgIpc) is 3.26. The first-order valence-corrected chi connectivity index (χ1v) is 11.8. The summed E-state index contributed by atoms with van der Waals surface area (Å²) < 4.78 is 37.2. The van der Waals surface area contributed by atoms with Crippen molar-refractivity contribution in [2.45, 2.75) is 25.5 Å². The Kier molecular flexibility index (Phi) is 6.20. The maximum Gasteiger partial charge on any atom is 0.290 e. The van der Waals surface area contributed by atoms with E-state index in [0.717, 1.165) is 18.4 Å². The zero-order valence-corrected chi connectivity index (χ0v) is 17.5. The SMILES string of the molecule is O=C(C1=C(c2ccccc2)S(=O)(=O)CCO1)N(Cc1ccccc1)C[C@H]1CCCO1. The van der Waals surface area contributed by atoms with Crippen LogP contribution in [0.5, 0.6) is 0 Å². The van der Waals surface area contributed by atoms with Crippen molar-refractivity contribution in [2.75, 3.05) is 25.5 Å². The lowest BCUT2D eigenvalue weighted by Crippen LogP contribution is -2.40. The lowest BCUT2D eigenvalue weighted by atomic mass is 10.1. The van der Waals surface area contributed by atoms with Crippen molar-refractivity contribution in [1.82, 2.24) is 4.90 Å². The van der Waals surface area contributed by atoms with E-state index in [1.54, 1.807) is 35.2 Å². The second kappa shape index (κ2) is 9.02. The molecule has 2 aromatic rings. The Morgan fingerprint density at radius 3 is 2.37 bits per heavy atom. The van der Waals surface area contributed by atoms with Crippen molar-refractivity contribution < 1.29 is 22.7 Å². The van der Waals surface area contributed by atoms with Crippen molar-refractivity contribution in [1.29, 1.82) is 0 Å². The zero-order valence-electron chi connectivity index (χ0n) is 16.7. The minimum absolute atomic E-state index is 0.0234. The molecule has 2 heterocycles. The molecule has 30 heavy (non-hydrogen) atoms. The van der Waals surface area contributed by atoms with E-state index in [-0.39, 0.29) is 29.1 Å². The van der Waals surface area contributed by atoms with Crippen molar-refractivity contribution in [2.24, 2.45) is 0 Å². The number of ether oxygens (including phenoxy) is 2. The summed E-state index contributed by atoms with van der Waals surface area (Å²) in [7, 11) is -3.63. The molecule has 1 amide bonds. The normalized spacial score (nSPS) is 20.6. The summed E-state index contributed by atoms with van der Waals surface area (Å²) in [4.78, 5) is 15.2. The number of carbonyl (C=O) groups excluding carboxylic acids is 1. The summed E-state index contributed by atoms with van der Waals surface area (Å²) in [6, 6.07) is 18.3. The third-order valence-corrected chi connectivity index (χ3v) is 7.04. The number of benzene rings is 2. The van der Waals surface area contributed by atoms with Crippen LogP contribution in [-0.2, 0) is 30.7 Å². The monoisotopic (exact) mass is 427 g/mol. The molecule has 0 saturated carbocycles. The topological polar surface area (TPSA) is 72.9 Å². The predicted octanol–water partition coefficient (Wildman–Crippen LogP) is 3.01. The zero-order chi connectivity index (χ0) is 21.0. The van der Waals surface area contributed by atoms with E-state index in [1.807, 2.05) is 30.3 Å². The van der Waals surface area contributed by atoms with Crippen LogP contribution >= 0.6 is 0 Å². The molecule has 158 valence electrons. The van der Waals surface area contributed by atoms with Gasteiger partial charge in [-0.1, -0.05) is 60.7 Å². The fourth-order valence-electron chi connectivity index (χ4n) is 3.82. The fraction of sp³-hybridized carbons (Fsp3) is 0.348. The number of hydrogen-bond donors (Lipinski definition) is 0. The van der Waals surface area contributed by atoms with E-state index in [9.17, 15) is 13.2 Å². The molecule has 0 spiro atoms. The molecule has 0 unspecified atom stereocenters. The number of sulfone groups is 1. The number of rotatable bonds is 6. The average molecular weight is 428 g/mol. The van der Waals surface area contributed by atoms with Gasteiger partial charge in [0.25, 0.3) is 5.91 Å². The van der Waals surface area contributed by atoms with E-state index >= 15 is 0 Å². The van der Waals surface area contributed by atoms with Gasteiger partial charge < -0.3 is 14.4 Å². The highest BCUT2D eigenvalue weighted by atomic mass is 32.2. The third-order valence-electron chi connectivity index (χ3n) is 5.30. The van der Waals surface area contributed by atoms with Gasteiger partial charge in [0.05, 0.1) is 11.9 Å². The molecule has 4 rings (SSSR count). The maximum absolute atomic E-state index is 13.6. The third kappa shape index (κ3) is 4.57. The lowest BCUT2D eigenvalue weighted by molar-refractivity contribution is -0.133. The Hall–Kier alpha value is -2.64. The van der Waals surface area contributed by atoms with Crippen LogP contribution in [0, 0.1) is 0 Å². The molecule has 6 nitrogen and oxygen atoms in total. The Bertz CT molecular complexity index is 1010. The van der Waals surface area contributed by atoms with Crippen LogP contribution in [-0.4, -0.2) is 50.8 Å². The van der Waals surface area contributed by atoms with Gasteiger partial charge in [-0.05, 0) is 24.0 Å². The minimum atomic E-state index is -3.63. The molecule has 1 atom stereocenters. The van der Waals surface area contributed by atoms with E-state index in [4.69, 9.17) is 9.47 Å². The van der Waals surface area contributed by atoms with Gasteiger partial charge in [0.1, 0.15) is 11.5 Å². The molecular formula is C23H25NO5S. The number of carbonyl (C=O) groups is 1. The molecule has 0 aromatic heterocycles. The van der Waals surface area contributed by atoms with Crippen LogP contribution in [0.2, 0.25) is 0 Å². The van der Waals surface area contributed by atoms with Gasteiger partial charge in [-0.2, -0.15) is 0 Å². The highest BCUT2D eigenvalue weighted by Gasteiger charge is 2.36. The Morgan fingerprint density at radius 1 is 1.00 bits per heavy atom. The van der Waals surface area contributed by atoms with Gasteiger partial charge in [-0.15, -0.1) is 0 Å². The standard InChI is InChI=1S/C23H25NO5S/c25-23(21-22(19-10-5-2-6-11-19)30(26,27)15-14-29-21)24(17-20-12-7-13-28-20)16-18-8-3-1-4-9-18/h1-6,8-11,20H,7,12-17H2/t20-/m1/s1. The van der Waals surface area contributed by atoms with Crippen molar-refractivity contribution in [3.05, 3.63) is 77.5 Å². The molecule has 2 aliphatic heterocycles. The highest BCUT2D eigenvalue weighted by molar-refractivity contribution is 8.00. The summed E-state index contributed by atoms with van der Waals surface area (Å²) in [5.74, 6) is -0.656. The fourth-order valence-corrected chi connectivity index (χ4v) is 5.25. The molecular weight excluding hydrogens is 402 g/mol. The van der Waals surface area contributed by atoms with Gasteiger partial charge in [0.15, 0.2) is 9.84 Å². The summed E-state index contributed by atoms with van der Waals surface area (Å²) in [5.41, 5.74) is 1.43. The Labute approximate surface area is 177 Å². The molecule has 1 fully saturated rings. The van der Waals surface area contributed by atoms with E-state index in [0.29, 0.717) is 25.3 Å². The molecule has 2 aromatic carbocycles. The van der Waals surface area contributed by atoms with Crippen LogP contribution in [0.1, 0.15) is 24.0 Å². The highest BCUT2D eigenvalue weighted by Crippen LogP contribution is 2.31.